The first-order chi connectivity index (χ1) is 8.17. The normalized spacial score (nSPS) is 12.5. The number of ether oxygens (including phenoxy) is 1. The van der Waals surface area contributed by atoms with Crippen molar-refractivity contribution in [1.29, 1.82) is 0 Å². The molecule has 0 spiro atoms. The second-order valence-corrected chi connectivity index (χ2v) is 5.41. The van der Waals surface area contributed by atoms with Crippen LogP contribution in [-0.2, 0) is 6.54 Å². The fourth-order valence-electron chi connectivity index (χ4n) is 1.86. The van der Waals surface area contributed by atoms with Crippen molar-refractivity contribution in [2.24, 2.45) is 5.92 Å². The van der Waals surface area contributed by atoms with Crippen molar-refractivity contribution in [3.8, 4) is 5.75 Å². The monoisotopic (exact) mass is 253 g/mol. The molecule has 3 heteroatoms. The molecule has 0 aromatic heterocycles. The Morgan fingerprint density at radius 1 is 1.41 bits per heavy atom. The first-order valence-electron chi connectivity index (χ1n) is 6.00. The Morgan fingerprint density at radius 2 is 2.18 bits per heavy atom. The van der Waals surface area contributed by atoms with Crippen LogP contribution in [0.1, 0.15) is 18.1 Å². The summed E-state index contributed by atoms with van der Waals surface area (Å²) in [4.78, 5) is 0. The average molecular weight is 253 g/mol. The highest BCUT2D eigenvalue weighted by Crippen LogP contribution is 2.18. The summed E-state index contributed by atoms with van der Waals surface area (Å²) in [6.07, 6.45) is 2.16. The minimum Gasteiger partial charge on any atom is -0.496 e. The number of benzene rings is 1. The molecule has 1 unspecified atom stereocenters. The smallest absolute Gasteiger partial charge is 0.121 e. The quantitative estimate of drug-likeness (QED) is 0.807. The van der Waals surface area contributed by atoms with Crippen LogP contribution in [0.15, 0.2) is 18.2 Å². The van der Waals surface area contributed by atoms with Crippen LogP contribution in [0.25, 0.3) is 0 Å². The highest BCUT2D eigenvalue weighted by molar-refractivity contribution is 7.98. The maximum Gasteiger partial charge on any atom is 0.121 e. The van der Waals surface area contributed by atoms with E-state index in [1.165, 1.54) is 16.9 Å². The maximum atomic E-state index is 5.25. The molecule has 1 aromatic carbocycles. The summed E-state index contributed by atoms with van der Waals surface area (Å²) >= 11 is 1.91. The van der Waals surface area contributed by atoms with Gasteiger partial charge in [-0.1, -0.05) is 19.1 Å². The number of nitrogens with one attached hydrogen (secondary N) is 1. The number of thioether (sulfide) groups is 1. The molecule has 1 atom stereocenters. The second-order valence-electron chi connectivity index (χ2n) is 4.50. The van der Waals surface area contributed by atoms with Crippen molar-refractivity contribution in [3.05, 3.63) is 29.3 Å². The summed E-state index contributed by atoms with van der Waals surface area (Å²) in [6.45, 7) is 6.37. The van der Waals surface area contributed by atoms with Gasteiger partial charge < -0.3 is 10.1 Å². The number of hydrogen-bond donors (Lipinski definition) is 1. The molecule has 0 aliphatic heterocycles. The molecule has 0 saturated heterocycles. The van der Waals surface area contributed by atoms with E-state index in [0.29, 0.717) is 0 Å². The van der Waals surface area contributed by atoms with Gasteiger partial charge in [0.05, 0.1) is 7.11 Å². The predicted molar refractivity (Wildman–Crippen MR) is 77.0 cm³/mol. The van der Waals surface area contributed by atoms with Crippen molar-refractivity contribution in [3.63, 3.8) is 0 Å². The molecule has 0 heterocycles. The van der Waals surface area contributed by atoms with Gasteiger partial charge in [-0.25, -0.2) is 0 Å². The molecule has 0 radical (unpaired) electrons. The molecule has 0 bridgehead atoms. The predicted octanol–water partition coefficient (Wildman–Crippen LogP) is 3.09. The van der Waals surface area contributed by atoms with Crippen LogP contribution in [0.4, 0.5) is 0 Å². The van der Waals surface area contributed by atoms with E-state index < -0.39 is 0 Å². The lowest BCUT2D eigenvalue weighted by Crippen LogP contribution is -2.22. The summed E-state index contributed by atoms with van der Waals surface area (Å²) < 4.78 is 5.25. The van der Waals surface area contributed by atoms with E-state index in [1.54, 1.807) is 7.11 Å². The lowest BCUT2D eigenvalue weighted by molar-refractivity contribution is 0.411. The minimum atomic E-state index is 0.726. The van der Waals surface area contributed by atoms with E-state index in [2.05, 4.69) is 37.6 Å². The molecule has 0 fully saturated rings. The number of aryl methyl sites for hydroxylation is 1. The van der Waals surface area contributed by atoms with Crippen LogP contribution in [0, 0.1) is 12.8 Å². The molecule has 17 heavy (non-hydrogen) atoms. The first-order valence-corrected chi connectivity index (χ1v) is 7.40. The Bertz CT molecular complexity index is 341. The number of hydrogen-bond acceptors (Lipinski definition) is 3. The Hall–Kier alpha value is -0.670. The molecule has 0 aliphatic rings. The average Bonchev–Trinajstić information content (AvgIpc) is 2.29. The summed E-state index contributed by atoms with van der Waals surface area (Å²) in [7, 11) is 1.71. The van der Waals surface area contributed by atoms with Crippen molar-refractivity contribution in [2.75, 3.05) is 25.7 Å². The SMILES string of the molecule is COc1ccc(CNCC(C)CSC)cc1C. The zero-order valence-electron chi connectivity index (χ0n) is 11.2. The molecular weight excluding hydrogens is 230 g/mol. The zero-order valence-corrected chi connectivity index (χ0v) is 12.1. The second kappa shape index (κ2) is 7.62. The Morgan fingerprint density at radius 3 is 2.76 bits per heavy atom. The van der Waals surface area contributed by atoms with Gasteiger partial charge in [0.25, 0.3) is 0 Å². The summed E-state index contributed by atoms with van der Waals surface area (Å²) in [5, 5.41) is 3.50. The van der Waals surface area contributed by atoms with Gasteiger partial charge in [0.2, 0.25) is 0 Å². The van der Waals surface area contributed by atoms with E-state index in [9.17, 15) is 0 Å². The van der Waals surface area contributed by atoms with Gasteiger partial charge in [0, 0.05) is 6.54 Å². The molecule has 1 N–H and O–H groups in total. The van der Waals surface area contributed by atoms with Crippen molar-refractivity contribution >= 4 is 11.8 Å². The van der Waals surface area contributed by atoms with Crippen molar-refractivity contribution in [2.45, 2.75) is 20.4 Å². The highest BCUT2D eigenvalue weighted by atomic mass is 32.2. The molecule has 0 aliphatic carbocycles. The third kappa shape index (κ3) is 5.00. The Kier molecular flexibility index (Phi) is 6.45. The lowest BCUT2D eigenvalue weighted by atomic mass is 10.1. The van der Waals surface area contributed by atoms with Gasteiger partial charge in [0.1, 0.15) is 5.75 Å². The zero-order chi connectivity index (χ0) is 12.7. The van der Waals surface area contributed by atoms with Gasteiger partial charge in [-0.3, -0.25) is 0 Å². The topological polar surface area (TPSA) is 21.3 Å². The lowest BCUT2D eigenvalue weighted by Gasteiger charge is -2.12. The van der Waals surface area contributed by atoms with E-state index in [-0.39, 0.29) is 0 Å². The van der Waals surface area contributed by atoms with Gasteiger partial charge in [-0.05, 0) is 48.6 Å². The minimum absolute atomic E-state index is 0.726. The summed E-state index contributed by atoms with van der Waals surface area (Å²) in [5.41, 5.74) is 2.52. The highest BCUT2D eigenvalue weighted by Gasteiger charge is 2.02. The molecule has 0 saturated carbocycles. The number of methoxy groups -OCH3 is 1. The molecule has 0 amide bonds. The fraction of sp³-hybridized carbons (Fsp3) is 0.571. The van der Waals surface area contributed by atoms with Gasteiger partial charge in [-0.15, -0.1) is 0 Å². The first kappa shape index (κ1) is 14.4. The molecule has 1 aromatic rings. The van der Waals surface area contributed by atoms with Crippen LogP contribution in [0.5, 0.6) is 5.75 Å². The van der Waals surface area contributed by atoms with Gasteiger partial charge >= 0.3 is 0 Å². The Labute approximate surface area is 109 Å². The van der Waals surface area contributed by atoms with Crippen molar-refractivity contribution < 1.29 is 4.74 Å². The number of rotatable bonds is 7. The largest absolute Gasteiger partial charge is 0.496 e. The molecule has 2 nitrogen and oxygen atoms in total. The third-order valence-electron chi connectivity index (χ3n) is 2.73. The summed E-state index contributed by atoms with van der Waals surface area (Å²) in [5.74, 6) is 2.91. The van der Waals surface area contributed by atoms with Crippen LogP contribution in [-0.4, -0.2) is 25.7 Å². The molecule has 1 rings (SSSR count). The van der Waals surface area contributed by atoms with Gasteiger partial charge in [0.15, 0.2) is 0 Å². The van der Waals surface area contributed by atoms with E-state index in [4.69, 9.17) is 4.74 Å². The van der Waals surface area contributed by atoms with Crippen LogP contribution >= 0.6 is 11.8 Å². The van der Waals surface area contributed by atoms with Crippen LogP contribution in [0.3, 0.4) is 0 Å². The standard InChI is InChI=1S/C14H23NOS/c1-11(10-17-4)8-15-9-13-5-6-14(16-3)12(2)7-13/h5-7,11,15H,8-10H2,1-4H3. The van der Waals surface area contributed by atoms with E-state index in [1.807, 2.05) is 17.8 Å². The summed E-state index contributed by atoms with van der Waals surface area (Å²) in [6, 6.07) is 6.35. The van der Waals surface area contributed by atoms with Crippen LogP contribution < -0.4 is 10.1 Å². The fourth-order valence-corrected chi connectivity index (χ4v) is 2.54. The van der Waals surface area contributed by atoms with E-state index in [0.717, 1.165) is 24.8 Å². The van der Waals surface area contributed by atoms with E-state index >= 15 is 0 Å². The van der Waals surface area contributed by atoms with Crippen LogP contribution in [0.2, 0.25) is 0 Å². The third-order valence-corrected chi connectivity index (χ3v) is 3.63. The maximum absolute atomic E-state index is 5.25. The Balaban J connectivity index is 2.39. The molecule has 96 valence electrons. The molecular formula is C14H23NOS. The van der Waals surface area contributed by atoms with Crippen molar-refractivity contribution in [1.82, 2.24) is 5.32 Å². The van der Waals surface area contributed by atoms with Gasteiger partial charge in [-0.2, -0.15) is 11.8 Å².